The maximum absolute atomic E-state index is 16.1. The first kappa shape index (κ1) is 29.9. The molecular weight excluding hydrogens is 534 g/mol. The number of benzene rings is 3. The van der Waals surface area contributed by atoms with Crippen molar-refractivity contribution in [3.05, 3.63) is 83.2 Å². The van der Waals surface area contributed by atoms with Gasteiger partial charge in [-0.05, 0) is 37.3 Å². The third-order valence-corrected chi connectivity index (χ3v) is 7.18. The predicted molar refractivity (Wildman–Crippen MR) is 151 cm³/mol. The van der Waals surface area contributed by atoms with E-state index in [4.69, 9.17) is 33.4 Å². The van der Waals surface area contributed by atoms with Gasteiger partial charge in [-0.25, -0.2) is 13.8 Å². The van der Waals surface area contributed by atoms with Crippen molar-refractivity contribution in [2.45, 2.75) is 37.8 Å². The molecule has 0 bridgehead atoms. The van der Waals surface area contributed by atoms with Gasteiger partial charge in [-0.2, -0.15) is 0 Å². The van der Waals surface area contributed by atoms with E-state index >= 15 is 8.78 Å². The number of methoxy groups -OCH3 is 5. The van der Waals surface area contributed by atoms with E-state index in [1.165, 1.54) is 13.2 Å². The number of aliphatic imine (C=N–C) groups is 1. The Kier molecular flexibility index (Phi) is 9.54. The van der Waals surface area contributed by atoms with Gasteiger partial charge in [-0.15, -0.1) is 0 Å². The Morgan fingerprint density at radius 1 is 0.829 bits per heavy atom. The monoisotopic (exact) mass is 570 g/mol. The second-order valence-corrected chi connectivity index (χ2v) is 9.75. The van der Waals surface area contributed by atoms with Crippen molar-refractivity contribution in [1.29, 1.82) is 0 Å². The van der Waals surface area contributed by atoms with Gasteiger partial charge in [-0.1, -0.05) is 18.2 Å². The highest BCUT2D eigenvalue weighted by Crippen LogP contribution is 2.40. The summed E-state index contributed by atoms with van der Waals surface area (Å²) in [5.74, 6) is 1.88. The minimum absolute atomic E-state index is 0.0597. The van der Waals surface area contributed by atoms with E-state index in [9.17, 15) is 0 Å². The third kappa shape index (κ3) is 6.32. The molecule has 3 aromatic rings. The van der Waals surface area contributed by atoms with Gasteiger partial charge in [0.2, 0.25) is 0 Å². The summed E-state index contributed by atoms with van der Waals surface area (Å²) in [7, 11) is 7.76. The molecule has 0 saturated heterocycles. The van der Waals surface area contributed by atoms with Crippen molar-refractivity contribution in [3.63, 3.8) is 0 Å². The van der Waals surface area contributed by atoms with Gasteiger partial charge >= 0.3 is 0 Å². The number of alkyl halides is 1. The minimum atomic E-state index is -1.68. The SMILES string of the molecule is COC[C@H]1OC(N(Cc2ccc(OC)cc2OC)Cc2ccc(OC)cc2OC)=N[C@](C)(c2ccccc2F)[C@H]1F. The summed E-state index contributed by atoms with van der Waals surface area (Å²) in [6, 6.07) is 17.1. The Morgan fingerprint density at radius 2 is 1.39 bits per heavy atom. The van der Waals surface area contributed by atoms with E-state index in [1.54, 1.807) is 65.7 Å². The van der Waals surface area contributed by atoms with Crippen LogP contribution in [0, 0.1) is 5.82 Å². The van der Waals surface area contributed by atoms with Gasteiger partial charge < -0.3 is 33.3 Å². The summed E-state index contributed by atoms with van der Waals surface area (Å²) >= 11 is 0. The fourth-order valence-electron chi connectivity index (χ4n) is 4.92. The first-order valence-electron chi connectivity index (χ1n) is 13.1. The Morgan fingerprint density at radius 3 is 1.88 bits per heavy atom. The summed E-state index contributed by atoms with van der Waals surface area (Å²) in [5, 5.41) is 0. The van der Waals surface area contributed by atoms with Crippen LogP contribution < -0.4 is 18.9 Å². The molecule has 0 amide bonds. The lowest BCUT2D eigenvalue weighted by Gasteiger charge is -2.41. The van der Waals surface area contributed by atoms with Crippen LogP contribution in [0.25, 0.3) is 0 Å². The zero-order chi connectivity index (χ0) is 29.6. The summed E-state index contributed by atoms with van der Waals surface area (Å²) in [5.41, 5.74) is 0.128. The molecule has 10 heteroatoms. The lowest BCUT2D eigenvalue weighted by molar-refractivity contribution is -0.0371. The molecule has 0 saturated carbocycles. The average Bonchev–Trinajstić information content (AvgIpc) is 2.99. The van der Waals surface area contributed by atoms with Crippen LogP contribution in [0.15, 0.2) is 65.7 Å². The van der Waals surface area contributed by atoms with E-state index in [0.29, 0.717) is 23.0 Å². The Bertz CT molecular complexity index is 1310. The van der Waals surface area contributed by atoms with Crippen LogP contribution in [0.2, 0.25) is 0 Å². The van der Waals surface area contributed by atoms with Crippen molar-refractivity contribution < 1.29 is 37.2 Å². The number of nitrogens with zero attached hydrogens (tertiary/aromatic N) is 2. The molecule has 1 heterocycles. The molecule has 0 fully saturated rings. The van der Waals surface area contributed by atoms with E-state index < -0.39 is 23.6 Å². The second-order valence-electron chi connectivity index (χ2n) is 9.75. The molecule has 0 aromatic heterocycles. The van der Waals surface area contributed by atoms with Crippen molar-refractivity contribution in [3.8, 4) is 23.0 Å². The van der Waals surface area contributed by atoms with Gasteiger partial charge in [0.25, 0.3) is 6.02 Å². The highest BCUT2D eigenvalue weighted by atomic mass is 19.1. The number of amidine groups is 1. The molecule has 3 aromatic carbocycles. The zero-order valence-electron chi connectivity index (χ0n) is 24.1. The molecule has 3 atom stereocenters. The molecule has 0 aliphatic carbocycles. The molecule has 4 rings (SSSR count). The topological polar surface area (TPSA) is 71.0 Å². The quantitative estimate of drug-likeness (QED) is 0.301. The van der Waals surface area contributed by atoms with Gasteiger partial charge in [0.05, 0.1) is 48.1 Å². The maximum Gasteiger partial charge on any atom is 0.289 e. The van der Waals surface area contributed by atoms with E-state index in [2.05, 4.69) is 0 Å². The third-order valence-electron chi connectivity index (χ3n) is 7.18. The Balaban J connectivity index is 1.85. The van der Waals surface area contributed by atoms with Crippen LogP contribution in [0.3, 0.4) is 0 Å². The standard InChI is InChI=1S/C31H36F2N2O6/c1-31(24-9-7-8-10-25(24)32)29(33)28(19-36-2)41-30(34-31)35(17-20-11-13-22(37-3)15-26(20)39-5)18-21-12-14-23(38-4)16-27(21)40-6/h7-16,28-29H,17-19H2,1-6H3/t28-,29+,31-/m1/s1. The molecule has 220 valence electrons. The summed E-state index contributed by atoms with van der Waals surface area (Å²) in [6.45, 7) is 2.02. The minimum Gasteiger partial charge on any atom is -0.497 e. The van der Waals surface area contributed by atoms with Crippen molar-refractivity contribution in [1.82, 2.24) is 4.90 Å². The predicted octanol–water partition coefficient (Wildman–Crippen LogP) is 5.52. The number of rotatable bonds is 11. The van der Waals surface area contributed by atoms with Crippen LogP contribution in [0.4, 0.5) is 8.78 Å². The maximum atomic E-state index is 16.1. The molecule has 0 unspecified atom stereocenters. The summed E-state index contributed by atoms with van der Waals surface area (Å²) < 4.78 is 64.6. The number of hydrogen-bond acceptors (Lipinski definition) is 8. The molecule has 8 nitrogen and oxygen atoms in total. The van der Waals surface area contributed by atoms with Gasteiger partial charge in [0.1, 0.15) is 34.4 Å². The highest BCUT2D eigenvalue weighted by Gasteiger charge is 2.49. The number of halogens is 2. The Hall–Kier alpha value is -4.05. The fourth-order valence-corrected chi connectivity index (χ4v) is 4.92. The molecular formula is C31H36F2N2O6. The van der Waals surface area contributed by atoms with Crippen molar-refractivity contribution >= 4 is 6.02 Å². The molecule has 0 N–H and O–H groups in total. The van der Waals surface area contributed by atoms with Crippen LogP contribution in [0.1, 0.15) is 23.6 Å². The average molecular weight is 571 g/mol. The van der Waals surface area contributed by atoms with Gasteiger partial charge in [0.15, 0.2) is 12.3 Å². The number of ether oxygens (including phenoxy) is 6. The lowest BCUT2D eigenvalue weighted by Crippen LogP contribution is -2.52. The molecule has 41 heavy (non-hydrogen) atoms. The largest absolute Gasteiger partial charge is 0.497 e. The second kappa shape index (κ2) is 13.1. The fraction of sp³-hybridized carbons (Fsp3) is 0.387. The van der Waals surface area contributed by atoms with Gasteiger partial charge in [-0.3, -0.25) is 0 Å². The van der Waals surface area contributed by atoms with Crippen molar-refractivity contribution in [2.75, 3.05) is 42.2 Å². The molecule has 0 spiro atoms. The van der Waals surface area contributed by atoms with E-state index in [-0.39, 0.29) is 31.3 Å². The smallest absolute Gasteiger partial charge is 0.289 e. The van der Waals surface area contributed by atoms with E-state index in [0.717, 1.165) is 11.1 Å². The Labute approximate surface area is 239 Å². The van der Waals surface area contributed by atoms with E-state index in [1.807, 2.05) is 29.2 Å². The highest BCUT2D eigenvalue weighted by molar-refractivity contribution is 5.76. The summed E-state index contributed by atoms with van der Waals surface area (Å²) in [4.78, 5) is 6.58. The van der Waals surface area contributed by atoms with Crippen LogP contribution in [-0.2, 0) is 28.1 Å². The van der Waals surface area contributed by atoms with Crippen LogP contribution in [0.5, 0.6) is 23.0 Å². The molecule has 0 radical (unpaired) electrons. The zero-order valence-corrected chi connectivity index (χ0v) is 24.1. The number of hydrogen-bond donors (Lipinski definition) is 0. The van der Waals surface area contributed by atoms with Crippen LogP contribution in [-0.4, -0.2) is 65.4 Å². The van der Waals surface area contributed by atoms with Crippen LogP contribution >= 0.6 is 0 Å². The summed E-state index contributed by atoms with van der Waals surface area (Å²) in [6.07, 6.45) is -2.73. The molecule has 1 aliphatic heterocycles. The lowest BCUT2D eigenvalue weighted by atomic mass is 9.84. The normalized spacial score (nSPS) is 20.0. The van der Waals surface area contributed by atoms with Gasteiger partial charge in [0, 0.05) is 35.9 Å². The van der Waals surface area contributed by atoms with Crippen molar-refractivity contribution in [2.24, 2.45) is 4.99 Å². The molecule has 1 aliphatic rings. The first-order valence-corrected chi connectivity index (χ1v) is 13.1. The first-order chi connectivity index (χ1) is 19.8.